The average molecular weight is 463 g/mol. The van der Waals surface area contributed by atoms with Crippen LogP contribution in [0.5, 0.6) is 0 Å². The summed E-state index contributed by atoms with van der Waals surface area (Å²) in [5.41, 5.74) is 1.52. The third-order valence-electron chi connectivity index (χ3n) is 5.29. The molecule has 156 valence electrons. The Morgan fingerprint density at radius 1 is 0.867 bits per heavy atom. The number of hydrogen-bond acceptors (Lipinski definition) is 3. The maximum absolute atomic E-state index is 13.1. The van der Waals surface area contributed by atoms with Gasteiger partial charge in [-0.05, 0) is 52.7 Å². The predicted molar refractivity (Wildman–Crippen MR) is 120 cm³/mol. The summed E-state index contributed by atoms with van der Waals surface area (Å²) in [4.78, 5) is 14.6. The van der Waals surface area contributed by atoms with E-state index in [9.17, 15) is 13.2 Å². The first-order valence-corrected chi connectivity index (χ1v) is 11.9. The number of alkyl halides is 1. The van der Waals surface area contributed by atoms with Gasteiger partial charge in [0.15, 0.2) is 0 Å². The lowest BCUT2D eigenvalue weighted by molar-refractivity contribution is 0.0698. The van der Waals surface area contributed by atoms with Gasteiger partial charge < -0.3 is 4.90 Å². The molecule has 1 saturated heterocycles. The van der Waals surface area contributed by atoms with Crippen molar-refractivity contribution in [2.45, 2.75) is 10.8 Å². The number of hydrogen-bond donors (Lipinski definition) is 0. The van der Waals surface area contributed by atoms with Crippen LogP contribution < -0.4 is 0 Å². The SMILES string of the molecule is O=C(c1ccc(CCl)cc1)N1CCN(S(=O)(=O)c2ccc3cc(Cl)ccc3c2)CC1. The first-order valence-electron chi connectivity index (χ1n) is 9.52. The predicted octanol–water partition coefficient (Wildman–Crippen LogP) is 4.38. The van der Waals surface area contributed by atoms with Crippen LogP contribution in [0.1, 0.15) is 15.9 Å². The van der Waals surface area contributed by atoms with Crippen molar-refractivity contribution in [3.63, 3.8) is 0 Å². The fourth-order valence-electron chi connectivity index (χ4n) is 3.55. The monoisotopic (exact) mass is 462 g/mol. The van der Waals surface area contributed by atoms with Gasteiger partial charge in [-0.1, -0.05) is 35.9 Å². The molecule has 0 aliphatic carbocycles. The van der Waals surface area contributed by atoms with Crippen molar-refractivity contribution in [1.29, 1.82) is 0 Å². The molecule has 3 aromatic carbocycles. The molecule has 1 fully saturated rings. The van der Waals surface area contributed by atoms with Crippen molar-refractivity contribution in [3.05, 3.63) is 76.8 Å². The number of nitrogens with zero attached hydrogens (tertiary/aromatic N) is 2. The average Bonchev–Trinajstić information content (AvgIpc) is 2.78. The highest BCUT2D eigenvalue weighted by Gasteiger charge is 2.30. The topological polar surface area (TPSA) is 57.7 Å². The van der Waals surface area contributed by atoms with Crippen LogP contribution in [0.2, 0.25) is 5.02 Å². The number of carbonyl (C=O) groups is 1. The number of amides is 1. The minimum Gasteiger partial charge on any atom is -0.336 e. The van der Waals surface area contributed by atoms with E-state index in [-0.39, 0.29) is 23.9 Å². The zero-order valence-corrected chi connectivity index (χ0v) is 18.4. The Bertz CT molecular complexity index is 1190. The normalized spacial score (nSPS) is 15.5. The van der Waals surface area contributed by atoms with Crippen LogP contribution in [-0.2, 0) is 15.9 Å². The lowest BCUT2D eigenvalue weighted by Crippen LogP contribution is -2.50. The fourth-order valence-corrected chi connectivity index (χ4v) is 5.37. The smallest absolute Gasteiger partial charge is 0.253 e. The van der Waals surface area contributed by atoms with Crippen molar-refractivity contribution in [2.75, 3.05) is 26.2 Å². The van der Waals surface area contributed by atoms with Crippen LogP contribution in [0.4, 0.5) is 0 Å². The number of sulfonamides is 1. The van der Waals surface area contributed by atoms with Crippen molar-refractivity contribution in [2.24, 2.45) is 0 Å². The highest BCUT2D eigenvalue weighted by Crippen LogP contribution is 2.25. The molecular formula is C22H20Cl2N2O3S. The van der Waals surface area contributed by atoms with Gasteiger partial charge in [-0.15, -0.1) is 11.6 Å². The van der Waals surface area contributed by atoms with Gasteiger partial charge in [-0.25, -0.2) is 8.42 Å². The molecule has 0 aromatic heterocycles. The second-order valence-corrected chi connectivity index (χ2v) is 9.82. The first-order chi connectivity index (χ1) is 14.4. The summed E-state index contributed by atoms with van der Waals surface area (Å²) < 4.78 is 27.6. The third-order valence-corrected chi connectivity index (χ3v) is 7.73. The minimum atomic E-state index is -3.64. The Hall–Kier alpha value is -2.12. The Kier molecular flexibility index (Phi) is 6.02. The molecule has 0 saturated carbocycles. The number of rotatable bonds is 4. The van der Waals surface area contributed by atoms with Gasteiger partial charge in [0, 0.05) is 42.6 Å². The van der Waals surface area contributed by atoms with Crippen LogP contribution in [0, 0.1) is 0 Å². The number of carbonyl (C=O) groups excluding carboxylic acids is 1. The van der Waals surface area contributed by atoms with Gasteiger partial charge in [0.1, 0.15) is 0 Å². The van der Waals surface area contributed by atoms with Crippen molar-refractivity contribution >= 4 is 49.9 Å². The standard InChI is InChI=1S/C22H20Cl2N2O3S/c23-15-16-1-3-17(4-2-16)22(27)25-9-11-26(12-10-25)30(28,29)21-8-6-18-13-20(24)7-5-19(18)14-21/h1-8,13-14H,9-12,15H2. The zero-order valence-electron chi connectivity index (χ0n) is 16.1. The van der Waals surface area contributed by atoms with Crippen molar-refractivity contribution in [1.82, 2.24) is 9.21 Å². The summed E-state index contributed by atoms with van der Waals surface area (Å²) in [5.74, 6) is 0.294. The molecule has 0 N–H and O–H groups in total. The van der Waals surface area contributed by atoms with E-state index < -0.39 is 10.0 Å². The van der Waals surface area contributed by atoms with E-state index in [0.717, 1.165) is 16.3 Å². The maximum Gasteiger partial charge on any atom is 0.253 e. The van der Waals surface area contributed by atoms with Crippen LogP contribution in [0.25, 0.3) is 10.8 Å². The molecule has 0 bridgehead atoms. The summed E-state index contributed by atoms with van der Waals surface area (Å²) in [6.07, 6.45) is 0. The van der Waals surface area contributed by atoms with Gasteiger partial charge in [-0.3, -0.25) is 4.79 Å². The molecular weight excluding hydrogens is 443 g/mol. The second kappa shape index (κ2) is 8.55. The molecule has 30 heavy (non-hydrogen) atoms. The Balaban J connectivity index is 1.47. The van der Waals surface area contributed by atoms with Crippen LogP contribution in [-0.4, -0.2) is 49.7 Å². The summed E-state index contributed by atoms with van der Waals surface area (Å²) in [5, 5.41) is 2.31. The minimum absolute atomic E-state index is 0.101. The van der Waals surface area contributed by atoms with E-state index in [1.165, 1.54) is 4.31 Å². The van der Waals surface area contributed by atoms with Crippen molar-refractivity contribution < 1.29 is 13.2 Å². The summed E-state index contributed by atoms with van der Waals surface area (Å²) in [6.45, 7) is 1.20. The highest BCUT2D eigenvalue weighted by molar-refractivity contribution is 7.89. The molecule has 1 heterocycles. The Morgan fingerprint density at radius 2 is 1.50 bits per heavy atom. The van der Waals surface area contributed by atoms with Gasteiger partial charge in [0.25, 0.3) is 5.91 Å². The van der Waals surface area contributed by atoms with E-state index >= 15 is 0 Å². The molecule has 1 aliphatic rings. The van der Waals surface area contributed by atoms with Crippen LogP contribution in [0.15, 0.2) is 65.6 Å². The van der Waals surface area contributed by atoms with Crippen LogP contribution in [0.3, 0.4) is 0 Å². The summed E-state index contributed by atoms with van der Waals surface area (Å²) in [6, 6.07) is 17.5. The van der Waals surface area contributed by atoms with Gasteiger partial charge in [-0.2, -0.15) is 4.31 Å². The number of fused-ring (bicyclic) bond motifs is 1. The maximum atomic E-state index is 13.1. The lowest BCUT2D eigenvalue weighted by Gasteiger charge is -2.34. The number of piperazine rings is 1. The Labute approximate surface area is 185 Å². The van der Waals surface area contributed by atoms with E-state index in [0.29, 0.717) is 29.6 Å². The Morgan fingerprint density at radius 3 is 2.17 bits per heavy atom. The molecule has 1 aliphatic heterocycles. The molecule has 5 nitrogen and oxygen atoms in total. The summed E-state index contributed by atoms with van der Waals surface area (Å²) >= 11 is 11.8. The van der Waals surface area contributed by atoms with Gasteiger partial charge in [0.2, 0.25) is 10.0 Å². The van der Waals surface area contributed by atoms with E-state index in [1.54, 1.807) is 47.4 Å². The lowest BCUT2D eigenvalue weighted by atomic mass is 10.1. The number of halogens is 2. The second-order valence-electron chi connectivity index (χ2n) is 7.18. The van der Waals surface area contributed by atoms with Gasteiger partial charge in [0.05, 0.1) is 4.90 Å². The van der Waals surface area contributed by atoms with Gasteiger partial charge >= 0.3 is 0 Å². The molecule has 8 heteroatoms. The molecule has 0 radical (unpaired) electrons. The van der Waals surface area contributed by atoms with E-state index in [1.807, 2.05) is 18.2 Å². The number of benzene rings is 3. The highest BCUT2D eigenvalue weighted by atomic mass is 35.5. The van der Waals surface area contributed by atoms with Crippen LogP contribution >= 0.6 is 23.2 Å². The fraction of sp³-hybridized carbons (Fsp3) is 0.227. The quantitative estimate of drug-likeness (QED) is 0.540. The molecule has 1 amide bonds. The molecule has 4 rings (SSSR count). The first kappa shape index (κ1) is 21.1. The zero-order chi connectivity index (χ0) is 21.3. The molecule has 0 unspecified atom stereocenters. The summed E-state index contributed by atoms with van der Waals surface area (Å²) in [7, 11) is -3.64. The van der Waals surface area contributed by atoms with E-state index in [4.69, 9.17) is 23.2 Å². The largest absolute Gasteiger partial charge is 0.336 e. The molecule has 0 spiro atoms. The molecule has 3 aromatic rings. The van der Waals surface area contributed by atoms with Crippen molar-refractivity contribution in [3.8, 4) is 0 Å². The third kappa shape index (κ3) is 4.18. The molecule has 0 atom stereocenters. The van der Waals surface area contributed by atoms with E-state index in [2.05, 4.69) is 0 Å².